The Morgan fingerprint density at radius 2 is 2.13 bits per heavy atom. The van der Waals surface area contributed by atoms with Gasteiger partial charge in [-0.25, -0.2) is 0 Å². The average molecular weight is 214 g/mol. The Balaban J connectivity index is 2.49. The van der Waals surface area contributed by atoms with Gasteiger partial charge in [0, 0.05) is 25.2 Å². The molecule has 1 aliphatic heterocycles. The monoisotopic (exact) mass is 214 g/mol. The Hall–Kier alpha value is -0.120. The van der Waals surface area contributed by atoms with E-state index in [1.54, 1.807) is 0 Å². The normalized spacial score (nSPS) is 27.6. The smallest absolute Gasteiger partial charge is 0.0468 e. The first-order chi connectivity index (χ1) is 7.19. The highest BCUT2D eigenvalue weighted by molar-refractivity contribution is 4.84. The zero-order valence-corrected chi connectivity index (χ0v) is 10.4. The molecular formula is C12H26N2O. The van der Waals surface area contributed by atoms with Crippen LogP contribution in [0.1, 0.15) is 33.1 Å². The van der Waals surface area contributed by atoms with Gasteiger partial charge in [0.2, 0.25) is 0 Å². The van der Waals surface area contributed by atoms with Crippen molar-refractivity contribution in [3.05, 3.63) is 0 Å². The highest BCUT2D eigenvalue weighted by atomic mass is 16.3. The molecule has 15 heavy (non-hydrogen) atoms. The van der Waals surface area contributed by atoms with Gasteiger partial charge in [0.15, 0.2) is 0 Å². The molecule has 0 amide bonds. The largest absolute Gasteiger partial charge is 0.396 e. The Bertz CT molecular complexity index is 175. The number of aliphatic hydroxyl groups excluding tert-OH is 1. The molecule has 0 aromatic carbocycles. The Morgan fingerprint density at radius 1 is 1.40 bits per heavy atom. The molecule has 3 heteroatoms. The van der Waals surface area contributed by atoms with Crippen LogP contribution >= 0.6 is 0 Å². The van der Waals surface area contributed by atoms with E-state index in [1.165, 1.54) is 25.8 Å². The van der Waals surface area contributed by atoms with Crippen LogP contribution in [0.15, 0.2) is 0 Å². The summed E-state index contributed by atoms with van der Waals surface area (Å²) in [5, 5.41) is 12.5. The van der Waals surface area contributed by atoms with Crippen LogP contribution in [0.25, 0.3) is 0 Å². The molecular weight excluding hydrogens is 188 g/mol. The van der Waals surface area contributed by atoms with Gasteiger partial charge >= 0.3 is 0 Å². The summed E-state index contributed by atoms with van der Waals surface area (Å²) in [4.78, 5) is 2.55. The maximum atomic E-state index is 9.11. The summed E-state index contributed by atoms with van der Waals surface area (Å²) in [6, 6.07) is 1.20. The van der Waals surface area contributed by atoms with Crippen molar-refractivity contribution < 1.29 is 5.11 Å². The average Bonchev–Trinajstić information content (AvgIpc) is 2.28. The molecule has 3 unspecified atom stereocenters. The molecule has 1 aliphatic rings. The molecule has 3 atom stereocenters. The van der Waals surface area contributed by atoms with E-state index in [-0.39, 0.29) is 0 Å². The lowest BCUT2D eigenvalue weighted by Gasteiger charge is -2.40. The quantitative estimate of drug-likeness (QED) is 0.719. The van der Waals surface area contributed by atoms with E-state index in [1.807, 2.05) is 7.05 Å². The Kier molecular flexibility index (Phi) is 5.58. The number of likely N-dealkylation sites (N-methyl/N-ethyl adjacent to an activating group) is 1. The molecule has 2 N–H and O–H groups in total. The molecule has 1 fully saturated rings. The third-order valence-electron chi connectivity index (χ3n) is 3.55. The third kappa shape index (κ3) is 3.74. The molecule has 0 bridgehead atoms. The molecule has 0 aromatic rings. The predicted octanol–water partition coefficient (Wildman–Crippen LogP) is 1.08. The Labute approximate surface area is 93.9 Å². The first-order valence-corrected chi connectivity index (χ1v) is 6.21. The van der Waals surface area contributed by atoms with Gasteiger partial charge < -0.3 is 10.4 Å². The van der Waals surface area contributed by atoms with Crippen molar-refractivity contribution in [3.63, 3.8) is 0 Å². The van der Waals surface area contributed by atoms with Crippen molar-refractivity contribution in [2.24, 2.45) is 5.92 Å². The third-order valence-corrected chi connectivity index (χ3v) is 3.55. The topological polar surface area (TPSA) is 35.5 Å². The minimum Gasteiger partial charge on any atom is -0.396 e. The van der Waals surface area contributed by atoms with Crippen molar-refractivity contribution in [3.8, 4) is 0 Å². The van der Waals surface area contributed by atoms with E-state index in [2.05, 4.69) is 24.1 Å². The predicted molar refractivity (Wildman–Crippen MR) is 64.0 cm³/mol. The fraction of sp³-hybridized carbons (Fsp3) is 1.00. The highest BCUT2D eigenvalue weighted by Gasteiger charge is 2.27. The van der Waals surface area contributed by atoms with E-state index in [0.29, 0.717) is 24.6 Å². The number of nitrogens with one attached hydrogen (secondary N) is 1. The lowest BCUT2D eigenvalue weighted by Crippen LogP contribution is -2.51. The van der Waals surface area contributed by atoms with E-state index < -0.39 is 0 Å². The second-order valence-electron chi connectivity index (χ2n) is 4.92. The molecule has 0 saturated carbocycles. The van der Waals surface area contributed by atoms with Crippen LogP contribution in [-0.4, -0.2) is 48.8 Å². The van der Waals surface area contributed by atoms with Crippen LogP contribution in [0.2, 0.25) is 0 Å². The molecule has 0 spiro atoms. The molecule has 0 aliphatic carbocycles. The van der Waals surface area contributed by atoms with Gasteiger partial charge in [-0.15, -0.1) is 0 Å². The number of hydrogen-bond donors (Lipinski definition) is 2. The van der Waals surface area contributed by atoms with Crippen LogP contribution in [0.3, 0.4) is 0 Å². The summed E-state index contributed by atoms with van der Waals surface area (Å²) < 4.78 is 0. The maximum Gasteiger partial charge on any atom is 0.0468 e. The number of piperidine rings is 1. The zero-order valence-electron chi connectivity index (χ0n) is 10.4. The zero-order chi connectivity index (χ0) is 11.3. The fourth-order valence-electron chi connectivity index (χ4n) is 2.46. The molecule has 1 rings (SSSR count). The van der Waals surface area contributed by atoms with Gasteiger partial charge in [-0.1, -0.05) is 13.3 Å². The van der Waals surface area contributed by atoms with Gasteiger partial charge in [-0.2, -0.15) is 0 Å². The van der Waals surface area contributed by atoms with E-state index in [0.717, 1.165) is 6.54 Å². The second kappa shape index (κ2) is 6.46. The van der Waals surface area contributed by atoms with E-state index in [4.69, 9.17) is 5.11 Å². The highest BCUT2D eigenvalue weighted by Crippen LogP contribution is 2.20. The minimum atomic E-state index is 0.303. The summed E-state index contributed by atoms with van der Waals surface area (Å²) in [6.07, 6.45) is 3.95. The molecule has 3 nitrogen and oxygen atoms in total. The Morgan fingerprint density at radius 3 is 2.73 bits per heavy atom. The summed E-state index contributed by atoms with van der Waals surface area (Å²) in [5.41, 5.74) is 0. The van der Waals surface area contributed by atoms with Crippen molar-refractivity contribution in [2.45, 2.75) is 45.2 Å². The summed E-state index contributed by atoms with van der Waals surface area (Å²) in [6.45, 7) is 6.91. The number of likely N-dealkylation sites (tertiary alicyclic amines) is 1. The van der Waals surface area contributed by atoms with Crippen molar-refractivity contribution in [2.75, 3.05) is 26.7 Å². The van der Waals surface area contributed by atoms with E-state index in [9.17, 15) is 0 Å². The fourth-order valence-corrected chi connectivity index (χ4v) is 2.46. The van der Waals surface area contributed by atoms with Gasteiger partial charge in [-0.3, -0.25) is 4.90 Å². The number of hydrogen-bond acceptors (Lipinski definition) is 3. The maximum absolute atomic E-state index is 9.11. The summed E-state index contributed by atoms with van der Waals surface area (Å²) in [7, 11) is 2.03. The molecule has 90 valence electrons. The molecule has 0 aromatic heterocycles. The van der Waals surface area contributed by atoms with Crippen molar-refractivity contribution in [1.29, 1.82) is 0 Å². The molecule has 1 heterocycles. The number of nitrogens with zero attached hydrogens (tertiary/aromatic N) is 1. The van der Waals surface area contributed by atoms with Crippen LogP contribution in [0.5, 0.6) is 0 Å². The van der Waals surface area contributed by atoms with Crippen LogP contribution in [0, 0.1) is 5.92 Å². The summed E-state index contributed by atoms with van der Waals surface area (Å²) in [5.74, 6) is 0.398. The van der Waals surface area contributed by atoms with E-state index >= 15 is 0 Å². The first kappa shape index (κ1) is 12.9. The van der Waals surface area contributed by atoms with Crippen molar-refractivity contribution >= 4 is 0 Å². The standard InChI is InChI=1S/C12H26N2O/c1-10(9-15)8-14-7-5-4-6-12(14)11(2)13-3/h10-13,15H,4-9H2,1-3H3. The molecule has 0 radical (unpaired) electrons. The van der Waals surface area contributed by atoms with Gasteiger partial charge in [0.25, 0.3) is 0 Å². The van der Waals surface area contributed by atoms with Crippen LogP contribution in [0.4, 0.5) is 0 Å². The number of aliphatic hydroxyl groups is 1. The molecule has 1 saturated heterocycles. The lowest BCUT2D eigenvalue weighted by molar-refractivity contribution is 0.0888. The number of rotatable bonds is 5. The van der Waals surface area contributed by atoms with Crippen LogP contribution in [-0.2, 0) is 0 Å². The van der Waals surface area contributed by atoms with Gasteiger partial charge in [0.1, 0.15) is 0 Å². The van der Waals surface area contributed by atoms with Gasteiger partial charge in [-0.05, 0) is 39.3 Å². The minimum absolute atomic E-state index is 0.303. The SMILES string of the molecule is CNC(C)C1CCCCN1CC(C)CO. The van der Waals surface area contributed by atoms with Crippen LogP contribution < -0.4 is 5.32 Å². The summed E-state index contributed by atoms with van der Waals surface area (Å²) >= 11 is 0. The van der Waals surface area contributed by atoms with Crippen molar-refractivity contribution in [1.82, 2.24) is 10.2 Å². The first-order valence-electron chi connectivity index (χ1n) is 6.21. The van der Waals surface area contributed by atoms with Gasteiger partial charge in [0.05, 0.1) is 0 Å². The second-order valence-corrected chi connectivity index (χ2v) is 4.92. The lowest BCUT2D eigenvalue weighted by atomic mass is 9.95.